The van der Waals surface area contributed by atoms with Crippen molar-refractivity contribution in [3.05, 3.63) is 70.4 Å². The number of hydrogen-bond donors (Lipinski definition) is 3. The third-order valence-corrected chi connectivity index (χ3v) is 5.33. The molecule has 2 heterocycles. The highest BCUT2D eigenvalue weighted by molar-refractivity contribution is 7.13. The lowest BCUT2D eigenvalue weighted by Gasteiger charge is -2.09. The second kappa shape index (κ2) is 8.66. The highest BCUT2D eigenvalue weighted by Crippen LogP contribution is 2.31. The number of anilines is 3. The summed E-state index contributed by atoms with van der Waals surface area (Å²) in [4.78, 5) is 24.9. The molecule has 0 aliphatic carbocycles. The standard InChI is InChI=1S/C20H14Cl2N6OS/c21-12-5-13(22)7-15(6-12)27-20(29)26-14-3-1-2-11(4-14)17-9-30-19(28-17)16-8-24-10-25-18(16)23/h1-10H,(H2,23,24,25)(H2,26,27,29). The lowest BCUT2D eigenvalue weighted by molar-refractivity contribution is 0.262. The Morgan fingerprint density at radius 3 is 2.57 bits per heavy atom. The van der Waals surface area contributed by atoms with Crippen LogP contribution >= 0.6 is 34.5 Å². The molecule has 0 aliphatic rings. The van der Waals surface area contributed by atoms with Crippen molar-refractivity contribution in [3.63, 3.8) is 0 Å². The summed E-state index contributed by atoms with van der Waals surface area (Å²) in [5, 5.41) is 8.99. The number of halogens is 2. The van der Waals surface area contributed by atoms with E-state index in [-0.39, 0.29) is 0 Å². The molecule has 0 fully saturated rings. The van der Waals surface area contributed by atoms with Gasteiger partial charge in [0.25, 0.3) is 0 Å². The van der Waals surface area contributed by atoms with E-state index in [1.807, 2.05) is 23.6 Å². The lowest BCUT2D eigenvalue weighted by Crippen LogP contribution is -2.19. The molecule has 4 aromatic rings. The van der Waals surface area contributed by atoms with E-state index in [4.69, 9.17) is 28.9 Å². The maximum atomic E-state index is 12.3. The van der Waals surface area contributed by atoms with Gasteiger partial charge in [-0.1, -0.05) is 35.3 Å². The van der Waals surface area contributed by atoms with Crippen LogP contribution in [0.2, 0.25) is 10.0 Å². The summed E-state index contributed by atoms with van der Waals surface area (Å²) >= 11 is 13.4. The zero-order valence-electron chi connectivity index (χ0n) is 15.3. The van der Waals surface area contributed by atoms with E-state index in [1.165, 1.54) is 17.7 Å². The summed E-state index contributed by atoms with van der Waals surface area (Å²) in [7, 11) is 0. The number of nitrogens with two attached hydrogens (primary N) is 1. The number of thiazole rings is 1. The van der Waals surface area contributed by atoms with Gasteiger partial charge in [0.1, 0.15) is 17.2 Å². The summed E-state index contributed by atoms with van der Waals surface area (Å²) in [6.45, 7) is 0. The van der Waals surface area contributed by atoms with Crippen LogP contribution in [0.15, 0.2) is 60.4 Å². The number of nitrogens with zero attached hydrogens (tertiary/aromatic N) is 3. The van der Waals surface area contributed by atoms with E-state index in [0.29, 0.717) is 32.8 Å². The first kappa shape index (κ1) is 20.1. The molecule has 7 nitrogen and oxygen atoms in total. The van der Waals surface area contributed by atoms with E-state index >= 15 is 0 Å². The molecule has 0 atom stereocenters. The third kappa shape index (κ3) is 4.68. The quantitative estimate of drug-likeness (QED) is 0.359. The Balaban J connectivity index is 1.50. The van der Waals surface area contributed by atoms with Gasteiger partial charge in [-0.2, -0.15) is 0 Å². The first-order valence-corrected chi connectivity index (χ1v) is 10.3. The summed E-state index contributed by atoms with van der Waals surface area (Å²) in [5.74, 6) is 0.374. The van der Waals surface area contributed by atoms with Crippen molar-refractivity contribution < 1.29 is 4.79 Å². The molecule has 4 N–H and O–H groups in total. The van der Waals surface area contributed by atoms with Gasteiger partial charge in [-0.25, -0.2) is 19.7 Å². The van der Waals surface area contributed by atoms with Crippen molar-refractivity contribution in [2.24, 2.45) is 0 Å². The molecule has 0 saturated carbocycles. The Labute approximate surface area is 185 Å². The predicted octanol–water partition coefficient (Wildman–Crippen LogP) is 5.80. The zero-order valence-corrected chi connectivity index (χ0v) is 17.6. The van der Waals surface area contributed by atoms with Crippen LogP contribution < -0.4 is 16.4 Å². The van der Waals surface area contributed by atoms with E-state index in [9.17, 15) is 4.79 Å². The smallest absolute Gasteiger partial charge is 0.323 e. The van der Waals surface area contributed by atoms with Crippen molar-refractivity contribution in [1.82, 2.24) is 15.0 Å². The minimum Gasteiger partial charge on any atom is -0.383 e. The molecule has 150 valence electrons. The Hall–Kier alpha value is -3.20. The second-order valence-corrected chi connectivity index (χ2v) is 7.91. The normalized spacial score (nSPS) is 10.6. The van der Waals surface area contributed by atoms with E-state index in [1.54, 1.807) is 30.5 Å². The molecule has 0 saturated heterocycles. The van der Waals surface area contributed by atoms with Crippen LogP contribution in [0.25, 0.3) is 21.8 Å². The van der Waals surface area contributed by atoms with Gasteiger partial charge in [0, 0.05) is 38.6 Å². The molecule has 0 aliphatic heterocycles. The average Bonchev–Trinajstić information content (AvgIpc) is 3.17. The molecule has 2 aromatic carbocycles. The van der Waals surface area contributed by atoms with Gasteiger partial charge in [-0.15, -0.1) is 11.3 Å². The molecule has 10 heteroatoms. The number of benzene rings is 2. The number of aromatic nitrogens is 3. The Kier molecular flexibility index (Phi) is 5.80. The number of carbonyl (C=O) groups is 1. The number of rotatable bonds is 4. The topological polar surface area (TPSA) is 106 Å². The van der Waals surface area contributed by atoms with Crippen LogP contribution in [-0.2, 0) is 0 Å². The van der Waals surface area contributed by atoms with Gasteiger partial charge < -0.3 is 16.4 Å². The summed E-state index contributed by atoms with van der Waals surface area (Å²) in [6.07, 6.45) is 3.03. The summed E-state index contributed by atoms with van der Waals surface area (Å²) in [6, 6.07) is 11.7. The Bertz CT molecular complexity index is 1210. The highest BCUT2D eigenvalue weighted by atomic mass is 35.5. The molecular formula is C20H14Cl2N6OS. The summed E-state index contributed by atoms with van der Waals surface area (Å²) in [5.41, 5.74) is 9.29. The first-order chi connectivity index (χ1) is 14.5. The van der Waals surface area contributed by atoms with Crippen molar-refractivity contribution in [1.29, 1.82) is 0 Å². The van der Waals surface area contributed by atoms with Crippen LogP contribution in [0.1, 0.15) is 0 Å². The Morgan fingerprint density at radius 1 is 1.03 bits per heavy atom. The van der Waals surface area contributed by atoms with Crippen LogP contribution in [-0.4, -0.2) is 21.0 Å². The molecule has 30 heavy (non-hydrogen) atoms. The largest absolute Gasteiger partial charge is 0.383 e. The molecule has 0 radical (unpaired) electrons. The molecule has 2 aromatic heterocycles. The van der Waals surface area contributed by atoms with Crippen molar-refractivity contribution in [2.75, 3.05) is 16.4 Å². The van der Waals surface area contributed by atoms with E-state index in [0.717, 1.165) is 16.3 Å². The van der Waals surface area contributed by atoms with Crippen LogP contribution in [0.4, 0.5) is 22.0 Å². The third-order valence-electron chi connectivity index (χ3n) is 4.01. The second-order valence-electron chi connectivity index (χ2n) is 6.18. The molecular weight excluding hydrogens is 443 g/mol. The van der Waals surface area contributed by atoms with Gasteiger partial charge in [-0.05, 0) is 30.3 Å². The SMILES string of the molecule is Nc1ncncc1-c1nc(-c2cccc(NC(=O)Nc3cc(Cl)cc(Cl)c3)c2)cs1. The van der Waals surface area contributed by atoms with Crippen molar-refractivity contribution in [2.45, 2.75) is 0 Å². The maximum Gasteiger partial charge on any atom is 0.323 e. The van der Waals surface area contributed by atoms with Gasteiger partial charge in [-0.3, -0.25) is 0 Å². The average molecular weight is 457 g/mol. The van der Waals surface area contributed by atoms with Crippen LogP contribution in [0.3, 0.4) is 0 Å². The summed E-state index contributed by atoms with van der Waals surface area (Å²) < 4.78 is 0. The van der Waals surface area contributed by atoms with Crippen molar-refractivity contribution in [3.8, 4) is 21.8 Å². The Morgan fingerprint density at radius 2 is 1.80 bits per heavy atom. The minimum atomic E-state index is -0.418. The molecule has 2 amide bonds. The van der Waals surface area contributed by atoms with E-state index in [2.05, 4.69) is 25.6 Å². The highest BCUT2D eigenvalue weighted by Gasteiger charge is 2.11. The number of carbonyl (C=O) groups excluding carboxylic acids is 1. The number of nitrogen functional groups attached to an aromatic ring is 1. The monoisotopic (exact) mass is 456 g/mol. The predicted molar refractivity (Wildman–Crippen MR) is 122 cm³/mol. The number of nitrogens with one attached hydrogen (secondary N) is 2. The van der Waals surface area contributed by atoms with Gasteiger partial charge in [0.05, 0.1) is 11.3 Å². The van der Waals surface area contributed by atoms with E-state index < -0.39 is 6.03 Å². The van der Waals surface area contributed by atoms with Crippen LogP contribution in [0, 0.1) is 0 Å². The van der Waals surface area contributed by atoms with Crippen LogP contribution in [0.5, 0.6) is 0 Å². The number of hydrogen-bond acceptors (Lipinski definition) is 6. The number of amides is 2. The molecule has 0 bridgehead atoms. The first-order valence-electron chi connectivity index (χ1n) is 8.64. The van der Waals surface area contributed by atoms with Gasteiger partial charge in [0.2, 0.25) is 0 Å². The number of urea groups is 1. The molecule has 4 rings (SSSR count). The fourth-order valence-electron chi connectivity index (χ4n) is 2.71. The fourth-order valence-corrected chi connectivity index (χ4v) is 4.08. The van der Waals surface area contributed by atoms with Gasteiger partial charge in [0.15, 0.2) is 0 Å². The van der Waals surface area contributed by atoms with Crippen molar-refractivity contribution >= 4 is 57.8 Å². The molecule has 0 unspecified atom stereocenters. The fraction of sp³-hybridized carbons (Fsp3) is 0. The molecule has 0 spiro atoms. The maximum absolute atomic E-state index is 12.3. The zero-order chi connectivity index (χ0) is 21.1. The lowest BCUT2D eigenvalue weighted by atomic mass is 10.1. The van der Waals surface area contributed by atoms with Gasteiger partial charge >= 0.3 is 6.03 Å². The minimum absolute atomic E-state index is 0.374.